The molecular weight excluding hydrogens is 272 g/mol. The van der Waals surface area contributed by atoms with Crippen LogP contribution in [0.15, 0.2) is 57.7 Å². The molecule has 0 fully saturated rings. The van der Waals surface area contributed by atoms with Crippen LogP contribution in [0.4, 0.5) is 5.88 Å². The molecular formula is C15H12N2O4. The molecule has 0 bridgehead atoms. The molecule has 0 aliphatic carbocycles. The summed E-state index contributed by atoms with van der Waals surface area (Å²) in [5.74, 6) is 1.22. The van der Waals surface area contributed by atoms with E-state index < -0.39 is 0 Å². The number of hydrogen-bond donors (Lipinski definition) is 1. The lowest BCUT2D eigenvalue weighted by molar-refractivity contribution is 0.102. The molecule has 2 heterocycles. The number of nitrogens with zero attached hydrogens (tertiary/aromatic N) is 1. The van der Waals surface area contributed by atoms with Gasteiger partial charge in [-0.15, -0.1) is 0 Å². The number of methoxy groups -OCH3 is 1. The third kappa shape index (κ3) is 2.79. The lowest BCUT2D eigenvalue weighted by Gasteiger charge is -2.02. The van der Waals surface area contributed by atoms with Gasteiger partial charge in [0.1, 0.15) is 5.75 Å². The van der Waals surface area contributed by atoms with Crippen LogP contribution in [-0.4, -0.2) is 18.2 Å². The molecule has 0 aliphatic rings. The highest BCUT2D eigenvalue weighted by Crippen LogP contribution is 2.22. The van der Waals surface area contributed by atoms with E-state index >= 15 is 0 Å². The van der Waals surface area contributed by atoms with Crippen molar-refractivity contribution < 1.29 is 18.5 Å². The number of hydrogen-bond acceptors (Lipinski definition) is 5. The zero-order chi connectivity index (χ0) is 14.7. The number of furan rings is 1. The summed E-state index contributed by atoms with van der Waals surface area (Å²) in [5.41, 5.74) is 1.01. The highest BCUT2D eigenvalue weighted by molar-refractivity contribution is 6.03. The quantitative estimate of drug-likeness (QED) is 0.796. The van der Waals surface area contributed by atoms with Crippen molar-refractivity contribution in [3.63, 3.8) is 0 Å². The Morgan fingerprint density at radius 2 is 2.05 bits per heavy atom. The van der Waals surface area contributed by atoms with E-state index in [4.69, 9.17) is 13.7 Å². The minimum absolute atomic E-state index is 0.252. The Bertz CT molecular complexity index is 729. The van der Waals surface area contributed by atoms with Gasteiger partial charge >= 0.3 is 0 Å². The van der Waals surface area contributed by atoms with Gasteiger partial charge in [-0.3, -0.25) is 10.1 Å². The molecule has 2 aromatic heterocycles. The van der Waals surface area contributed by atoms with Gasteiger partial charge in [-0.25, -0.2) is 0 Å². The van der Waals surface area contributed by atoms with E-state index in [9.17, 15) is 4.79 Å². The molecule has 0 saturated heterocycles. The lowest BCUT2D eigenvalue weighted by atomic mass is 10.2. The van der Waals surface area contributed by atoms with Gasteiger partial charge in [0, 0.05) is 11.6 Å². The summed E-state index contributed by atoms with van der Waals surface area (Å²) in [6, 6.07) is 11.9. The molecule has 3 aromatic rings. The number of anilines is 1. The highest BCUT2D eigenvalue weighted by Gasteiger charge is 2.12. The molecule has 1 amide bonds. The van der Waals surface area contributed by atoms with Gasteiger partial charge in [0.2, 0.25) is 5.88 Å². The van der Waals surface area contributed by atoms with Crippen molar-refractivity contribution in [1.82, 2.24) is 5.16 Å². The Balaban J connectivity index is 1.72. The second-order valence-electron chi connectivity index (χ2n) is 4.24. The van der Waals surface area contributed by atoms with Crippen LogP contribution in [0.2, 0.25) is 0 Å². The van der Waals surface area contributed by atoms with Gasteiger partial charge < -0.3 is 13.7 Å². The van der Waals surface area contributed by atoms with Crippen LogP contribution >= 0.6 is 0 Å². The Hall–Kier alpha value is -3.02. The maximum atomic E-state index is 12.0. The second-order valence-corrected chi connectivity index (χ2v) is 4.24. The fraction of sp³-hybridized carbons (Fsp3) is 0.0667. The highest BCUT2D eigenvalue weighted by atomic mass is 16.5. The van der Waals surface area contributed by atoms with Crippen molar-refractivity contribution in [2.24, 2.45) is 0 Å². The number of nitrogens with one attached hydrogen (secondary N) is 1. The van der Waals surface area contributed by atoms with Crippen LogP contribution < -0.4 is 10.1 Å². The summed E-state index contributed by atoms with van der Waals surface area (Å²) in [5, 5.41) is 6.46. The number of carbonyl (C=O) groups excluding carboxylic acids is 1. The molecule has 3 rings (SSSR count). The molecule has 1 N–H and O–H groups in total. The number of benzene rings is 1. The summed E-state index contributed by atoms with van der Waals surface area (Å²) in [6.07, 6.45) is 1.54. The predicted molar refractivity (Wildman–Crippen MR) is 75.2 cm³/mol. The summed E-state index contributed by atoms with van der Waals surface area (Å²) in [6.45, 7) is 0. The van der Waals surface area contributed by atoms with E-state index in [1.165, 1.54) is 0 Å². The predicted octanol–water partition coefficient (Wildman–Crippen LogP) is 3.20. The van der Waals surface area contributed by atoms with E-state index in [0.717, 1.165) is 0 Å². The lowest BCUT2D eigenvalue weighted by Crippen LogP contribution is -2.11. The third-order valence-corrected chi connectivity index (χ3v) is 2.87. The molecule has 1 aromatic carbocycles. The van der Waals surface area contributed by atoms with Crippen molar-refractivity contribution in [3.05, 3.63) is 54.3 Å². The van der Waals surface area contributed by atoms with Gasteiger partial charge in [0.15, 0.2) is 11.5 Å². The Morgan fingerprint density at radius 1 is 1.24 bits per heavy atom. The monoisotopic (exact) mass is 284 g/mol. The van der Waals surface area contributed by atoms with Crippen molar-refractivity contribution in [1.29, 1.82) is 0 Å². The maximum Gasteiger partial charge on any atom is 0.258 e. The average molecular weight is 284 g/mol. The van der Waals surface area contributed by atoms with Gasteiger partial charge in [0.05, 0.1) is 13.4 Å². The summed E-state index contributed by atoms with van der Waals surface area (Å²) >= 11 is 0. The molecule has 0 unspecified atom stereocenters. The second kappa shape index (κ2) is 5.54. The first-order valence-corrected chi connectivity index (χ1v) is 6.22. The van der Waals surface area contributed by atoms with Crippen molar-refractivity contribution >= 4 is 11.8 Å². The first-order chi connectivity index (χ1) is 10.3. The van der Waals surface area contributed by atoms with Gasteiger partial charge in [-0.1, -0.05) is 5.16 Å². The van der Waals surface area contributed by atoms with E-state index in [2.05, 4.69) is 10.5 Å². The summed E-state index contributed by atoms with van der Waals surface area (Å²) < 4.78 is 15.3. The Labute approximate surface area is 120 Å². The zero-order valence-electron chi connectivity index (χ0n) is 11.2. The van der Waals surface area contributed by atoms with Crippen molar-refractivity contribution in [2.45, 2.75) is 0 Å². The fourth-order valence-electron chi connectivity index (χ4n) is 1.80. The van der Waals surface area contributed by atoms with E-state index in [1.54, 1.807) is 55.8 Å². The zero-order valence-corrected chi connectivity index (χ0v) is 11.2. The minimum Gasteiger partial charge on any atom is -0.497 e. The van der Waals surface area contributed by atoms with E-state index in [-0.39, 0.29) is 11.8 Å². The van der Waals surface area contributed by atoms with Crippen LogP contribution in [0.25, 0.3) is 11.5 Å². The summed E-state index contributed by atoms with van der Waals surface area (Å²) in [4.78, 5) is 12.0. The van der Waals surface area contributed by atoms with Crippen LogP contribution in [0, 0.1) is 0 Å². The molecule has 0 aliphatic heterocycles. The normalized spacial score (nSPS) is 10.3. The molecule has 0 radical (unpaired) electrons. The fourth-order valence-corrected chi connectivity index (χ4v) is 1.80. The Morgan fingerprint density at radius 3 is 2.71 bits per heavy atom. The SMILES string of the molecule is COc1ccc(C(=O)Nc2cc(-c3ccco3)no2)cc1. The van der Waals surface area contributed by atoms with Crippen LogP contribution in [0.3, 0.4) is 0 Å². The van der Waals surface area contributed by atoms with Crippen LogP contribution in [-0.2, 0) is 0 Å². The molecule has 0 saturated carbocycles. The minimum atomic E-state index is -0.292. The van der Waals surface area contributed by atoms with E-state index in [0.29, 0.717) is 22.8 Å². The largest absolute Gasteiger partial charge is 0.497 e. The number of rotatable bonds is 4. The van der Waals surface area contributed by atoms with Gasteiger partial charge in [-0.2, -0.15) is 0 Å². The number of ether oxygens (including phenoxy) is 1. The average Bonchev–Trinajstić information content (AvgIpc) is 3.18. The standard InChI is InChI=1S/C15H12N2O4/c1-19-11-6-4-10(5-7-11)15(18)16-14-9-12(17-21-14)13-3-2-8-20-13/h2-9H,1H3,(H,16,18). The first kappa shape index (κ1) is 13.0. The maximum absolute atomic E-state index is 12.0. The van der Waals surface area contributed by atoms with Crippen molar-refractivity contribution in [3.8, 4) is 17.2 Å². The Kier molecular flexibility index (Phi) is 3.42. The smallest absolute Gasteiger partial charge is 0.258 e. The molecule has 6 heteroatoms. The van der Waals surface area contributed by atoms with E-state index in [1.807, 2.05) is 0 Å². The molecule has 0 atom stereocenters. The van der Waals surface area contributed by atoms with Crippen LogP contribution in [0.5, 0.6) is 5.75 Å². The van der Waals surface area contributed by atoms with Crippen LogP contribution in [0.1, 0.15) is 10.4 Å². The molecule has 106 valence electrons. The number of carbonyl (C=O) groups is 1. The number of aromatic nitrogens is 1. The first-order valence-electron chi connectivity index (χ1n) is 6.22. The van der Waals surface area contributed by atoms with Crippen molar-refractivity contribution in [2.75, 3.05) is 12.4 Å². The molecule has 6 nitrogen and oxygen atoms in total. The third-order valence-electron chi connectivity index (χ3n) is 2.87. The summed E-state index contributed by atoms with van der Waals surface area (Å²) in [7, 11) is 1.57. The van der Waals surface area contributed by atoms with Gasteiger partial charge in [0.25, 0.3) is 5.91 Å². The molecule has 21 heavy (non-hydrogen) atoms. The molecule has 0 spiro atoms. The topological polar surface area (TPSA) is 77.5 Å². The van der Waals surface area contributed by atoms with Gasteiger partial charge in [-0.05, 0) is 36.4 Å². The number of amides is 1.